The van der Waals surface area contributed by atoms with E-state index >= 15 is 0 Å². The van der Waals surface area contributed by atoms with Crippen LogP contribution in [0.4, 0.5) is 4.39 Å². The molecule has 2 aromatic carbocycles. The fourth-order valence-corrected chi connectivity index (χ4v) is 4.66. The van der Waals surface area contributed by atoms with Gasteiger partial charge in [-0.1, -0.05) is 42.5 Å². The van der Waals surface area contributed by atoms with Gasteiger partial charge < -0.3 is 9.80 Å². The third-order valence-electron chi connectivity index (χ3n) is 5.95. The van der Waals surface area contributed by atoms with Gasteiger partial charge in [0.15, 0.2) is 0 Å². The van der Waals surface area contributed by atoms with Crippen LogP contribution in [0.2, 0.25) is 0 Å². The SMILES string of the molecule is O=C(Cc1cccc(F)c1)N1CCCC12CCCN(Cc1ccccc1)C2=O. The Morgan fingerprint density at radius 3 is 2.43 bits per heavy atom. The minimum absolute atomic E-state index is 0.0627. The Labute approximate surface area is 164 Å². The Hall–Kier alpha value is -2.69. The molecule has 5 heteroatoms. The highest BCUT2D eigenvalue weighted by Gasteiger charge is 2.52. The van der Waals surface area contributed by atoms with Crippen LogP contribution >= 0.6 is 0 Å². The van der Waals surface area contributed by atoms with Gasteiger partial charge in [-0.15, -0.1) is 0 Å². The molecule has 2 amide bonds. The van der Waals surface area contributed by atoms with Crippen LogP contribution in [0.5, 0.6) is 0 Å². The molecule has 0 aliphatic carbocycles. The first-order chi connectivity index (χ1) is 13.6. The quantitative estimate of drug-likeness (QED) is 0.814. The summed E-state index contributed by atoms with van der Waals surface area (Å²) in [5.41, 5.74) is 1.03. The van der Waals surface area contributed by atoms with E-state index in [4.69, 9.17) is 0 Å². The molecule has 2 heterocycles. The summed E-state index contributed by atoms with van der Waals surface area (Å²) in [5, 5.41) is 0. The number of carbonyl (C=O) groups is 2. The smallest absolute Gasteiger partial charge is 0.248 e. The van der Waals surface area contributed by atoms with Crippen molar-refractivity contribution in [3.8, 4) is 0 Å². The van der Waals surface area contributed by atoms with Crippen molar-refractivity contribution in [2.24, 2.45) is 0 Å². The van der Waals surface area contributed by atoms with Crippen molar-refractivity contribution >= 4 is 11.8 Å². The van der Waals surface area contributed by atoms with Gasteiger partial charge in [0.05, 0.1) is 6.42 Å². The van der Waals surface area contributed by atoms with Gasteiger partial charge in [0.2, 0.25) is 11.8 Å². The fraction of sp³-hybridized carbons (Fsp3) is 0.391. The molecule has 28 heavy (non-hydrogen) atoms. The van der Waals surface area contributed by atoms with Crippen LogP contribution in [0.15, 0.2) is 54.6 Å². The Balaban J connectivity index is 1.53. The molecule has 2 aromatic rings. The topological polar surface area (TPSA) is 40.6 Å². The highest BCUT2D eigenvalue weighted by atomic mass is 19.1. The molecule has 1 unspecified atom stereocenters. The Bertz CT molecular complexity index is 870. The molecule has 1 atom stereocenters. The first-order valence-corrected chi connectivity index (χ1v) is 9.97. The second-order valence-electron chi connectivity index (χ2n) is 7.80. The lowest BCUT2D eigenvalue weighted by Gasteiger charge is -2.44. The van der Waals surface area contributed by atoms with Gasteiger partial charge in [-0.25, -0.2) is 4.39 Å². The molecule has 0 saturated carbocycles. The Kier molecular flexibility index (Phi) is 5.16. The molecule has 2 aliphatic rings. The van der Waals surface area contributed by atoms with Gasteiger partial charge in [-0.3, -0.25) is 9.59 Å². The van der Waals surface area contributed by atoms with Crippen LogP contribution in [-0.4, -0.2) is 40.2 Å². The predicted octanol–water partition coefficient (Wildman–Crippen LogP) is 3.55. The normalized spacial score (nSPS) is 22.1. The first-order valence-electron chi connectivity index (χ1n) is 9.97. The summed E-state index contributed by atoms with van der Waals surface area (Å²) in [5.74, 6) is -0.366. The number of hydrogen-bond acceptors (Lipinski definition) is 2. The predicted molar refractivity (Wildman–Crippen MR) is 105 cm³/mol. The molecular weight excluding hydrogens is 355 g/mol. The molecule has 4 rings (SSSR count). The highest BCUT2D eigenvalue weighted by molar-refractivity contribution is 5.93. The van der Waals surface area contributed by atoms with Crippen LogP contribution in [0, 0.1) is 5.82 Å². The fourth-order valence-electron chi connectivity index (χ4n) is 4.66. The summed E-state index contributed by atoms with van der Waals surface area (Å²) >= 11 is 0. The Morgan fingerprint density at radius 1 is 0.964 bits per heavy atom. The van der Waals surface area contributed by atoms with E-state index in [-0.39, 0.29) is 24.1 Å². The maximum atomic E-state index is 13.5. The summed E-state index contributed by atoms with van der Waals surface area (Å²) in [6.07, 6.45) is 3.28. The van der Waals surface area contributed by atoms with Crippen molar-refractivity contribution in [2.75, 3.05) is 13.1 Å². The number of likely N-dealkylation sites (tertiary alicyclic amines) is 2. The average molecular weight is 380 g/mol. The number of hydrogen-bond donors (Lipinski definition) is 0. The number of benzene rings is 2. The summed E-state index contributed by atoms with van der Waals surface area (Å²) < 4.78 is 13.5. The molecule has 0 bridgehead atoms. The summed E-state index contributed by atoms with van der Waals surface area (Å²) in [7, 11) is 0. The third-order valence-corrected chi connectivity index (χ3v) is 5.95. The van der Waals surface area contributed by atoms with E-state index in [1.807, 2.05) is 35.2 Å². The van der Waals surface area contributed by atoms with Gasteiger partial charge in [0.25, 0.3) is 0 Å². The van der Waals surface area contributed by atoms with E-state index in [0.29, 0.717) is 31.5 Å². The molecule has 0 N–H and O–H groups in total. The summed E-state index contributed by atoms with van der Waals surface area (Å²) in [6, 6.07) is 16.1. The standard InChI is InChI=1S/C23H25FN2O2/c24-20-10-4-9-19(15-20)16-21(27)26-14-6-12-23(26)11-5-13-25(22(23)28)17-18-7-2-1-3-8-18/h1-4,7-10,15H,5-6,11-14,16-17H2. The minimum Gasteiger partial charge on any atom is -0.336 e. The van der Waals surface area contributed by atoms with E-state index in [2.05, 4.69) is 0 Å². The summed E-state index contributed by atoms with van der Waals surface area (Å²) in [4.78, 5) is 30.2. The van der Waals surface area contributed by atoms with E-state index in [9.17, 15) is 14.0 Å². The molecule has 0 aromatic heterocycles. The second-order valence-corrected chi connectivity index (χ2v) is 7.80. The number of piperidine rings is 1. The zero-order chi connectivity index (χ0) is 19.6. The minimum atomic E-state index is -0.725. The lowest BCUT2D eigenvalue weighted by molar-refractivity contribution is -0.155. The van der Waals surface area contributed by atoms with E-state index < -0.39 is 5.54 Å². The van der Waals surface area contributed by atoms with Crippen LogP contribution < -0.4 is 0 Å². The number of nitrogens with zero attached hydrogens (tertiary/aromatic N) is 2. The number of carbonyl (C=O) groups excluding carboxylic acids is 2. The molecule has 2 saturated heterocycles. The van der Waals surface area contributed by atoms with Gasteiger partial charge in [-0.05, 0) is 48.9 Å². The van der Waals surface area contributed by atoms with E-state index in [1.165, 1.54) is 12.1 Å². The van der Waals surface area contributed by atoms with Crippen LogP contribution in [0.1, 0.15) is 36.8 Å². The van der Waals surface area contributed by atoms with Gasteiger partial charge in [0.1, 0.15) is 11.4 Å². The zero-order valence-electron chi connectivity index (χ0n) is 15.9. The van der Waals surface area contributed by atoms with Gasteiger partial charge in [0, 0.05) is 19.6 Å². The molecule has 2 aliphatic heterocycles. The van der Waals surface area contributed by atoms with Crippen molar-refractivity contribution in [1.29, 1.82) is 0 Å². The third kappa shape index (κ3) is 3.53. The van der Waals surface area contributed by atoms with Crippen molar-refractivity contribution in [3.05, 3.63) is 71.5 Å². The maximum Gasteiger partial charge on any atom is 0.248 e. The molecule has 146 valence electrons. The molecular formula is C23H25FN2O2. The van der Waals surface area contributed by atoms with Gasteiger partial charge >= 0.3 is 0 Å². The molecule has 0 radical (unpaired) electrons. The number of amides is 2. The van der Waals surface area contributed by atoms with Gasteiger partial charge in [-0.2, -0.15) is 0 Å². The van der Waals surface area contributed by atoms with Crippen molar-refractivity contribution in [1.82, 2.24) is 9.80 Å². The number of halogens is 1. The van der Waals surface area contributed by atoms with E-state index in [1.54, 1.807) is 17.0 Å². The van der Waals surface area contributed by atoms with Crippen LogP contribution in [0.3, 0.4) is 0 Å². The first kappa shape index (κ1) is 18.7. The Morgan fingerprint density at radius 2 is 1.68 bits per heavy atom. The molecule has 1 spiro atoms. The maximum absolute atomic E-state index is 13.5. The lowest BCUT2D eigenvalue weighted by Crippen LogP contribution is -2.61. The summed E-state index contributed by atoms with van der Waals surface area (Å²) in [6.45, 7) is 1.90. The van der Waals surface area contributed by atoms with Crippen molar-refractivity contribution in [3.63, 3.8) is 0 Å². The largest absolute Gasteiger partial charge is 0.336 e. The monoisotopic (exact) mass is 380 g/mol. The second kappa shape index (κ2) is 7.74. The molecule has 2 fully saturated rings. The average Bonchev–Trinajstić information content (AvgIpc) is 3.11. The molecule has 4 nitrogen and oxygen atoms in total. The van der Waals surface area contributed by atoms with Crippen LogP contribution in [-0.2, 0) is 22.6 Å². The highest BCUT2D eigenvalue weighted by Crippen LogP contribution is 2.39. The zero-order valence-corrected chi connectivity index (χ0v) is 15.9. The van der Waals surface area contributed by atoms with Crippen molar-refractivity contribution < 1.29 is 14.0 Å². The van der Waals surface area contributed by atoms with Crippen LogP contribution in [0.25, 0.3) is 0 Å². The number of rotatable bonds is 4. The van der Waals surface area contributed by atoms with Crippen molar-refractivity contribution in [2.45, 2.75) is 44.2 Å². The van der Waals surface area contributed by atoms with E-state index in [0.717, 1.165) is 24.9 Å². The lowest BCUT2D eigenvalue weighted by atomic mass is 9.85.